The van der Waals surface area contributed by atoms with Gasteiger partial charge in [0.2, 0.25) is 0 Å². The normalized spacial score (nSPS) is 14.2. The van der Waals surface area contributed by atoms with Gasteiger partial charge in [0.1, 0.15) is 17.9 Å². The second kappa shape index (κ2) is 4.52. The second-order valence-electron chi connectivity index (χ2n) is 4.58. The van der Waals surface area contributed by atoms with E-state index in [1.165, 1.54) is 0 Å². The van der Waals surface area contributed by atoms with Crippen LogP contribution in [0.5, 0.6) is 5.75 Å². The van der Waals surface area contributed by atoms with Crippen molar-refractivity contribution in [2.75, 3.05) is 18.1 Å². The molecule has 0 bridgehead atoms. The predicted octanol–water partition coefficient (Wildman–Crippen LogP) is 4.12. The lowest BCUT2D eigenvalue weighted by Crippen LogP contribution is -2.28. The topological polar surface area (TPSA) is 38.5 Å². The minimum atomic E-state index is 0.609. The molecule has 0 saturated heterocycles. The van der Waals surface area contributed by atoms with Gasteiger partial charge < -0.3 is 9.15 Å². The SMILES string of the molecule is Brc1ccc2c(c1)OCCN2c1nc2ccccc2o1. The summed E-state index contributed by atoms with van der Waals surface area (Å²) in [6.07, 6.45) is 0. The summed E-state index contributed by atoms with van der Waals surface area (Å²) in [4.78, 5) is 6.60. The van der Waals surface area contributed by atoms with Gasteiger partial charge in [0.05, 0.1) is 12.2 Å². The third kappa shape index (κ3) is 1.86. The van der Waals surface area contributed by atoms with Crippen molar-refractivity contribution in [2.45, 2.75) is 0 Å². The molecule has 5 heteroatoms. The first kappa shape index (κ1) is 11.8. The smallest absolute Gasteiger partial charge is 0.303 e. The highest BCUT2D eigenvalue weighted by Gasteiger charge is 2.23. The standard InChI is InChI=1S/C15H11BrN2O2/c16-10-5-6-12-14(9-10)19-8-7-18(12)15-17-11-3-1-2-4-13(11)20-15/h1-6,9H,7-8H2. The molecule has 4 rings (SSSR count). The Hall–Kier alpha value is -2.01. The first-order chi connectivity index (χ1) is 9.81. The number of hydrogen-bond acceptors (Lipinski definition) is 4. The lowest BCUT2D eigenvalue weighted by atomic mass is 10.2. The van der Waals surface area contributed by atoms with E-state index in [1.54, 1.807) is 0 Å². The maximum atomic E-state index is 5.84. The number of ether oxygens (including phenoxy) is 1. The van der Waals surface area contributed by atoms with E-state index in [1.807, 2.05) is 47.4 Å². The molecule has 1 aliphatic rings. The van der Waals surface area contributed by atoms with Gasteiger partial charge >= 0.3 is 6.01 Å². The predicted molar refractivity (Wildman–Crippen MR) is 80.7 cm³/mol. The molecule has 0 fully saturated rings. The Labute approximate surface area is 124 Å². The lowest BCUT2D eigenvalue weighted by molar-refractivity contribution is 0.310. The van der Waals surface area contributed by atoms with Gasteiger partial charge in [-0.15, -0.1) is 0 Å². The highest BCUT2D eigenvalue weighted by Crippen LogP contribution is 2.38. The molecular weight excluding hydrogens is 320 g/mol. The molecule has 0 amide bonds. The zero-order chi connectivity index (χ0) is 13.5. The minimum Gasteiger partial charge on any atom is -0.489 e. The summed E-state index contributed by atoms with van der Waals surface area (Å²) in [5.74, 6) is 0.841. The molecule has 20 heavy (non-hydrogen) atoms. The molecule has 1 aliphatic heterocycles. The summed E-state index contributed by atoms with van der Waals surface area (Å²) in [5, 5.41) is 0. The largest absolute Gasteiger partial charge is 0.489 e. The summed E-state index contributed by atoms with van der Waals surface area (Å²) >= 11 is 3.46. The number of hydrogen-bond donors (Lipinski definition) is 0. The van der Waals surface area contributed by atoms with Crippen LogP contribution in [0, 0.1) is 0 Å². The first-order valence-corrected chi connectivity index (χ1v) is 7.16. The Morgan fingerprint density at radius 3 is 2.95 bits per heavy atom. The summed E-state index contributed by atoms with van der Waals surface area (Å²) in [5.41, 5.74) is 2.64. The van der Waals surface area contributed by atoms with Gasteiger partial charge in [-0.05, 0) is 30.3 Å². The average molecular weight is 331 g/mol. The number of anilines is 2. The number of halogens is 1. The molecular formula is C15H11BrN2O2. The van der Waals surface area contributed by atoms with Crippen LogP contribution in [0.4, 0.5) is 11.7 Å². The molecule has 0 radical (unpaired) electrons. The summed E-state index contributed by atoms with van der Waals surface area (Å²) in [7, 11) is 0. The average Bonchev–Trinajstić information content (AvgIpc) is 2.90. The summed E-state index contributed by atoms with van der Waals surface area (Å²) in [6.45, 7) is 1.34. The Kier molecular flexibility index (Phi) is 2.67. The number of para-hydroxylation sites is 2. The molecule has 3 aromatic rings. The Morgan fingerprint density at radius 2 is 2.05 bits per heavy atom. The van der Waals surface area contributed by atoms with Crippen LogP contribution in [0.1, 0.15) is 0 Å². The number of aromatic nitrogens is 1. The van der Waals surface area contributed by atoms with Crippen molar-refractivity contribution in [1.29, 1.82) is 0 Å². The van der Waals surface area contributed by atoms with Crippen LogP contribution in [0.15, 0.2) is 51.4 Å². The second-order valence-corrected chi connectivity index (χ2v) is 5.49. The van der Waals surface area contributed by atoms with Crippen molar-refractivity contribution >= 4 is 38.7 Å². The fourth-order valence-corrected chi connectivity index (χ4v) is 2.71. The molecule has 0 saturated carbocycles. The molecule has 0 N–H and O–H groups in total. The molecule has 0 aliphatic carbocycles. The molecule has 2 aromatic carbocycles. The van der Waals surface area contributed by atoms with Crippen LogP contribution in [-0.4, -0.2) is 18.1 Å². The Morgan fingerprint density at radius 1 is 1.15 bits per heavy atom. The van der Waals surface area contributed by atoms with E-state index in [0.29, 0.717) is 12.6 Å². The zero-order valence-electron chi connectivity index (χ0n) is 10.5. The maximum Gasteiger partial charge on any atom is 0.303 e. The number of fused-ring (bicyclic) bond motifs is 2. The summed E-state index contributed by atoms with van der Waals surface area (Å²) in [6, 6.07) is 14.3. The summed E-state index contributed by atoms with van der Waals surface area (Å²) < 4.78 is 12.5. The first-order valence-electron chi connectivity index (χ1n) is 6.37. The van der Waals surface area contributed by atoms with E-state index in [2.05, 4.69) is 20.9 Å². The molecule has 100 valence electrons. The van der Waals surface area contributed by atoms with Gasteiger partial charge in [0.25, 0.3) is 0 Å². The van der Waals surface area contributed by atoms with E-state index in [4.69, 9.17) is 9.15 Å². The fourth-order valence-electron chi connectivity index (χ4n) is 2.37. The third-order valence-corrected chi connectivity index (χ3v) is 3.79. The number of benzene rings is 2. The van der Waals surface area contributed by atoms with Gasteiger partial charge in [-0.25, -0.2) is 0 Å². The van der Waals surface area contributed by atoms with Gasteiger partial charge in [-0.2, -0.15) is 4.98 Å². The van der Waals surface area contributed by atoms with E-state index in [-0.39, 0.29) is 0 Å². The van der Waals surface area contributed by atoms with E-state index >= 15 is 0 Å². The van der Waals surface area contributed by atoms with Crippen molar-refractivity contribution in [3.05, 3.63) is 46.9 Å². The van der Waals surface area contributed by atoms with Crippen molar-refractivity contribution in [3.63, 3.8) is 0 Å². The molecule has 0 unspecified atom stereocenters. The van der Waals surface area contributed by atoms with Crippen LogP contribution in [0.2, 0.25) is 0 Å². The van der Waals surface area contributed by atoms with Gasteiger partial charge in [0.15, 0.2) is 5.58 Å². The van der Waals surface area contributed by atoms with Crippen LogP contribution in [-0.2, 0) is 0 Å². The maximum absolute atomic E-state index is 5.84. The van der Waals surface area contributed by atoms with Crippen LogP contribution >= 0.6 is 15.9 Å². The fraction of sp³-hybridized carbons (Fsp3) is 0.133. The number of nitrogens with zero attached hydrogens (tertiary/aromatic N) is 2. The lowest BCUT2D eigenvalue weighted by Gasteiger charge is -2.28. The zero-order valence-corrected chi connectivity index (χ0v) is 12.1. The highest BCUT2D eigenvalue weighted by molar-refractivity contribution is 9.10. The molecule has 1 aromatic heterocycles. The van der Waals surface area contributed by atoms with Crippen molar-refractivity contribution < 1.29 is 9.15 Å². The van der Waals surface area contributed by atoms with Gasteiger partial charge in [0, 0.05) is 4.47 Å². The van der Waals surface area contributed by atoms with Crippen LogP contribution in [0.25, 0.3) is 11.1 Å². The van der Waals surface area contributed by atoms with Crippen molar-refractivity contribution in [1.82, 2.24) is 4.98 Å². The third-order valence-electron chi connectivity index (χ3n) is 3.30. The molecule has 2 heterocycles. The minimum absolute atomic E-state index is 0.609. The van der Waals surface area contributed by atoms with E-state index in [0.717, 1.165) is 33.6 Å². The van der Waals surface area contributed by atoms with Gasteiger partial charge in [-0.1, -0.05) is 28.1 Å². The van der Waals surface area contributed by atoms with Crippen molar-refractivity contribution in [3.8, 4) is 5.75 Å². The number of oxazole rings is 1. The van der Waals surface area contributed by atoms with Gasteiger partial charge in [-0.3, -0.25) is 4.90 Å². The molecule has 4 nitrogen and oxygen atoms in total. The number of rotatable bonds is 1. The Balaban J connectivity index is 1.83. The van der Waals surface area contributed by atoms with Crippen LogP contribution in [0.3, 0.4) is 0 Å². The van der Waals surface area contributed by atoms with E-state index in [9.17, 15) is 0 Å². The molecule has 0 spiro atoms. The highest BCUT2D eigenvalue weighted by atomic mass is 79.9. The molecule has 0 atom stereocenters. The van der Waals surface area contributed by atoms with Crippen molar-refractivity contribution in [2.24, 2.45) is 0 Å². The monoisotopic (exact) mass is 330 g/mol. The quantitative estimate of drug-likeness (QED) is 0.672. The Bertz CT molecular complexity index is 751. The van der Waals surface area contributed by atoms with Crippen LogP contribution < -0.4 is 9.64 Å². The van der Waals surface area contributed by atoms with E-state index < -0.39 is 0 Å².